The predicted octanol–water partition coefficient (Wildman–Crippen LogP) is 2.40. The van der Waals surface area contributed by atoms with Crippen LogP contribution in [0.5, 0.6) is 0 Å². The summed E-state index contributed by atoms with van der Waals surface area (Å²) in [7, 11) is 0. The van der Waals surface area contributed by atoms with Crippen LogP contribution in [0.1, 0.15) is 67.7 Å². The van der Waals surface area contributed by atoms with Gasteiger partial charge in [0.25, 0.3) is 0 Å². The lowest BCUT2D eigenvalue weighted by Gasteiger charge is -2.40. The monoisotopic (exact) mass is 530 g/mol. The molecule has 3 rings (SSSR count). The minimum absolute atomic E-state index is 0.0158. The Bertz CT molecular complexity index is 792. The van der Waals surface area contributed by atoms with Gasteiger partial charge in [0, 0.05) is 10.4 Å². The van der Waals surface area contributed by atoms with Crippen molar-refractivity contribution in [2.24, 2.45) is 17.3 Å². The van der Waals surface area contributed by atoms with Gasteiger partial charge in [0.2, 0.25) is 11.8 Å². The molecule has 1 spiro atoms. The summed E-state index contributed by atoms with van der Waals surface area (Å²) in [5.41, 5.74) is -1.68. The summed E-state index contributed by atoms with van der Waals surface area (Å²) in [5, 5.41) is 13.2. The van der Waals surface area contributed by atoms with Gasteiger partial charge in [-0.05, 0) is 45.4 Å². The highest BCUT2D eigenvalue weighted by molar-refractivity contribution is 9.09. The van der Waals surface area contributed by atoms with Gasteiger partial charge in [0.1, 0.15) is 11.6 Å². The molecule has 2 bridgehead atoms. The van der Waals surface area contributed by atoms with Crippen LogP contribution in [-0.2, 0) is 23.9 Å². The molecule has 9 heteroatoms. The van der Waals surface area contributed by atoms with Crippen molar-refractivity contribution in [1.29, 1.82) is 0 Å². The molecule has 3 aliphatic rings. The van der Waals surface area contributed by atoms with E-state index < -0.39 is 47.1 Å². The Morgan fingerprint density at radius 3 is 2.45 bits per heavy atom. The Hall–Kier alpha value is -1.19. The number of nitrogens with zero attached hydrogens (tertiary/aromatic N) is 1. The normalized spacial score (nSPS) is 34.4. The highest BCUT2D eigenvalue weighted by Crippen LogP contribution is 2.60. The van der Waals surface area contributed by atoms with E-state index in [2.05, 4.69) is 42.0 Å². The van der Waals surface area contributed by atoms with Crippen LogP contribution in [-0.4, -0.2) is 75.2 Å². The fourth-order valence-corrected chi connectivity index (χ4v) is 7.40. The molecule has 188 valence electrons. The van der Waals surface area contributed by atoms with Gasteiger partial charge in [-0.3, -0.25) is 14.4 Å². The van der Waals surface area contributed by atoms with E-state index in [1.807, 2.05) is 20.8 Å². The van der Waals surface area contributed by atoms with Crippen molar-refractivity contribution in [3.05, 3.63) is 0 Å². The molecule has 33 heavy (non-hydrogen) atoms. The number of esters is 1. The maximum atomic E-state index is 13.9. The summed E-state index contributed by atoms with van der Waals surface area (Å²) in [4.78, 5) is 41.9. The number of aliphatic hydroxyl groups is 1. The van der Waals surface area contributed by atoms with Crippen LogP contribution in [0.3, 0.4) is 0 Å². The second-order valence-electron chi connectivity index (χ2n) is 11.5. The average molecular weight is 531 g/mol. The first-order valence-corrected chi connectivity index (χ1v) is 12.9. The van der Waals surface area contributed by atoms with Gasteiger partial charge in [-0.1, -0.05) is 43.6 Å². The SMILES string of the molecule is CCOC(=O)[C@H]1[C@@H]2OC3(CC2Br)C(C(=O)NC(C)(C)CC(C)(C)C)N([C@@H](CC)CO)C(=O)[C@H]13. The predicted molar refractivity (Wildman–Crippen MR) is 127 cm³/mol. The number of carbonyl (C=O) groups is 3. The summed E-state index contributed by atoms with van der Waals surface area (Å²) in [6, 6.07) is -1.48. The summed E-state index contributed by atoms with van der Waals surface area (Å²) >= 11 is 3.63. The minimum Gasteiger partial charge on any atom is -0.466 e. The van der Waals surface area contributed by atoms with Crippen molar-refractivity contribution in [1.82, 2.24) is 10.2 Å². The zero-order chi connectivity index (χ0) is 24.9. The zero-order valence-corrected chi connectivity index (χ0v) is 22.4. The summed E-state index contributed by atoms with van der Waals surface area (Å²) in [6.45, 7) is 13.8. The summed E-state index contributed by atoms with van der Waals surface area (Å²) in [6.07, 6.45) is 1.11. The molecule has 3 fully saturated rings. The van der Waals surface area contributed by atoms with Crippen LogP contribution >= 0.6 is 15.9 Å². The number of fused-ring (bicyclic) bond motifs is 1. The van der Waals surface area contributed by atoms with Crippen molar-refractivity contribution in [2.45, 2.75) is 102 Å². The highest BCUT2D eigenvalue weighted by Gasteiger charge is 2.77. The number of hydrogen-bond acceptors (Lipinski definition) is 6. The molecule has 0 aliphatic carbocycles. The Morgan fingerprint density at radius 1 is 1.30 bits per heavy atom. The third-order valence-electron chi connectivity index (χ3n) is 7.04. The molecule has 8 nitrogen and oxygen atoms in total. The van der Waals surface area contributed by atoms with Crippen LogP contribution in [0.25, 0.3) is 0 Å². The summed E-state index contributed by atoms with van der Waals surface area (Å²) in [5.74, 6) is -2.69. The van der Waals surface area contributed by atoms with E-state index >= 15 is 0 Å². The molecule has 0 radical (unpaired) electrons. The lowest BCUT2D eigenvalue weighted by atomic mass is 9.70. The van der Waals surface area contributed by atoms with Crippen LogP contribution in [0, 0.1) is 17.3 Å². The second kappa shape index (κ2) is 9.11. The topological polar surface area (TPSA) is 105 Å². The molecule has 0 aromatic rings. The molecule has 0 aromatic heterocycles. The first-order chi connectivity index (χ1) is 15.2. The van der Waals surface area contributed by atoms with Gasteiger partial charge >= 0.3 is 5.97 Å². The fraction of sp³-hybridized carbons (Fsp3) is 0.875. The maximum absolute atomic E-state index is 13.9. The average Bonchev–Trinajstić information content (AvgIpc) is 3.24. The van der Waals surface area contributed by atoms with Gasteiger partial charge in [-0.15, -0.1) is 0 Å². The molecule has 0 saturated carbocycles. The number of ether oxygens (including phenoxy) is 2. The number of amides is 2. The minimum atomic E-state index is -1.14. The number of likely N-dealkylation sites (tertiary alicyclic amines) is 1. The molecule has 3 unspecified atom stereocenters. The van der Waals surface area contributed by atoms with Crippen molar-refractivity contribution in [3.63, 3.8) is 0 Å². The van der Waals surface area contributed by atoms with Crippen molar-refractivity contribution < 1.29 is 29.0 Å². The first kappa shape index (κ1) is 26.4. The molecule has 3 heterocycles. The number of aliphatic hydroxyl groups excluding tert-OH is 1. The Balaban J connectivity index is 2.04. The van der Waals surface area contributed by atoms with Crippen molar-refractivity contribution in [2.75, 3.05) is 13.2 Å². The van der Waals surface area contributed by atoms with Gasteiger partial charge in [0.05, 0.1) is 37.2 Å². The molecule has 3 aliphatic heterocycles. The molecule has 7 atom stereocenters. The number of carbonyl (C=O) groups excluding carboxylic acids is 3. The van der Waals surface area contributed by atoms with E-state index in [0.29, 0.717) is 12.8 Å². The number of halogens is 1. The van der Waals surface area contributed by atoms with E-state index in [1.54, 1.807) is 6.92 Å². The highest BCUT2D eigenvalue weighted by atomic mass is 79.9. The quantitative estimate of drug-likeness (QED) is 0.368. The van der Waals surface area contributed by atoms with Gasteiger partial charge in [-0.2, -0.15) is 0 Å². The van der Waals surface area contributed by atoms with Crippen LogP contribution in [0.15, 0.2) is 0 Å². The van der Waals surface area contributed by atoms with Crippen LogP contribution in [0.4, 0.5) is 0 Å². The lowest BCUT2D eigenvalue weighted by molar-refractivity contribution is -0.155. The third-order valence-corrected chi connectivity index (χ3v) is 7.89. The van der Waals surface area contributed by atoms with Crippen molar-refractivity contribution in [3.8, 4) is 0 Å². The Labute approximate surface area is 205 Å². The molecular weight excluding hydrogens is 492 g/mol. The number of nitrogens with one attached hydrogen (secondary N) is 1. The van der Waals surface area contributed by atoms with E-state index in [-0.39, 0.29) is 35.3 Å². The van der Waals surface area contributed by atoms with E-state index in [0.717, 1.165) is 6.42 Å². The standard InChI is InChI=1S/C24H39BrN2O6/c1-8-13(11-28)27-18(19(29)26-23(6,7)12-22(3,4)5)24-10-14(25)17(33-24)15(16(24)20(27)30)21(31)32-9-2/h13-18,28H,8-12H2,1-7H3,(H,26,29)/t13-,14?,15+,16-,17+,18?,24?/m0/s1. The largest absolute Gasteiger partial charge is 0.466 e. The molecule has 0 aromatic carbocycles. The number of rotatable bonds is 8. The molecular formula is C24H39BrN2O6. The molecule has 2 N–H and O–H groups in total. The van der Waals surface area contributed by atoms with Crippen molar-refractivity contribution >= 4 is 33.7 Å². The number of alkyl halides is 1. The van der Waals surface area contributed by atoms with Crippen LogP contribution < -0.4 is 5.32 Å². The third kappa shape index (κ3) is 4.57. The Morgan fingerprint density at radius 2 is 1.94 bits per heavy atom. The maximum Gasteiger partial charge on any atom is 0.312 e. The Kier molecular flexibility index (Phi) is 7.30. The lowest BCUT2D eigenvalue weighted by Crippen LogP contribution is -2.61. The van der Waals surface area contributed by atoms with E-state index in [4.69, 9.17) is 9.47 Å². The van der Waals surface area contributed by atoms with E-state index in [9.17, 15) is 19.5 Å². The second-order valence-corrected chi connectivity index (χ2v) is 12.7. The smallest absolute Gasteiger partial charge is 0.312 e. The van der Waals surface area contributed by atoms with Gasteiger partial charge in [-0.25, -0.2) is 0 Å². The molecule has 3 saturated heterocycles. The van der Waals surface area contributed by atoms with Gasteiger partial charge in [0.15, 0.2) is 0 Å². The summed E-state index contributed by atoms with van der Waals surface area (Å²) < 4.78 is 11.7. The zero-order valence-electron chi connectivity index (χ0n) is 20.8. The molecule has 2 amide bonds. The van der Waals surface area contributed by atoms with E-state index in [1.165, 1.54) is 4.90 Å². The van der Waals surface area contributed by atoms with Crippen LogP contribution in [0.2, 0.25) is 0 Å². The number of hydrogen-bond donors (Lipinski definition) is 2. The van der Waals surface area contributed by atoms with Gasteiger partial charge < -0.3 is 24.8 Å². The fourth-order valence-electron chi connectivity index (χ4n) is 6.45. The first-order valence-electron chi connectivity index (χ1n) is 12.0.